The molecule has 0 radical (unpaired) electrons. The molecule has 3 aliphatic rings. The molecule has 0 aromatic heterocycles. The highest BCUT2D eigenvalue weighted by Gasteiger charge is 2.47. The van der Waals surface area contributed by atoms with E-state index in [4.69, 9.17) is 4.74 Å². The summed E-state index contributed by atoms with van der Waals surface area (Å²) in [6, 6.07) is 15.6. The highest BCUT2D eigenvalue weighted by Crippen LogP contribution is 2.46. The minimum atomic E-state index is -0.410. The van der Waals surface area contributed by atoms with E-state index in [0.29, 0.717) is 5.56 Å². The molecule has 5 rings (SSSR count). The van der Waals surface area contributed by atoms with E-state index in [9.17, 15) is 9.59 Å². The van der Waals surface area contributed by atoms with Gasteiger partial charge in [-0.15, -0.1) is 0 Å². The number of rotatable bonds is 6. The number of piperazine rings is 1. The largest absolute Gasteiger partial charge is 0.497 e. The summed E-state index contributed by atoms with van der Waals surface area (Å²) in [5.41, 5.74) is 2.57. The minimum Gasteiger partial charge on any atom is -0.497 e. The van der Waals surface area contributed by atoms with Crippen LogP contribution in [0.25, 0.3) is 0 Å². The topological polar surface area (TPSA) is 53.1 Å². The molecule has 2 aromatic carbocycles. The summed E-state index contributed by atoms with van der Waals surface area (Å²) in [4.78, 5) is 35.0. The van der Waals surface area contributed by atoms with Gasteiger partial charge in [0.2, 0.25) is 5.91 Å². The third-order valence-corrected chi connectivity index (χ3v) is 8.29. The predicted octanol–water partition coefficient (Wildman–Crippen LogP) is 4.86. The second-order valence-electron chi connectivity index (χ2n) is 10.5. The Hall–Kier alpha value is -2.86. The quantitative estimate of drug-likeness (QED) is 0.581. The third kappa shape index (κ3) is 4.75. The molecule has 0 unspecified atom stereocenters. The molecule has 2 heterocycles. The van der Waals surface area contributed by atoms with Crippen molar-refractivity contribution < 1.29 is 14.3 Å². The summed E-state index contributed by atoms with van der Waals surface area (Å²) >= 11 is 0. The van der Waals surface area contributed by atoms with Crippen LogP contribution in [-0.2, 0) is 4.79 Å². The molecule has 2 fully saturated rings. The minimum absolute atomic E-state index is 0.0649. The molecule has 2 aliphatic heterocycles. The van der Waals surface area contributed by atoms with Crippen LogP contribution in [0.3, 0.4) is 0 Å². The monoisotopic (exact) mass is 489 g/mol. The second-order valence-corrected chi connectivity index (χ2v) is 10.5. The van der Waals surface area contributed by atoms with E-state index < -0.39 is 5.92 Å². The lowest BCUT2D eigenvalue weighted by Gasteiger charge is -2.48. The number of carbonyl (C=O) groups excluding carboxylic acids is 2. The smallest absolute Gasteiger partial charge is 0.254 e. The van der Waals surface area contributed by atoms with Gasteiger partial charge < -0.3 is 14.5 Å². The number of amides is 2. The summed E-state index contributed by atoms with van der Waals surface area (Å²) < 4.78 is 5.42. The number of hydrogen-bond donors (Lipinski definition) is 0. The Labute approximate surface area is 215 Å². The van der Waals surface area contributed by atoms with E-state index in [1.54, 1.807) is 7.11 Å². The molecule has 2 amide bonds. The van der Waals surface area contributed by atoms with Crippen LogP contribution in [0.15, 0.2) is 48.5 Å². The van der Waals surface area contributed by atoms with Gasteiger partial charge in [-0.3, -0.25) is 14.5 Å². The van der Waals surface area contributed by atoms with Crippen LogP contribution >= 0.6 is 0 Å². The van der Waals surface area contributed by atoms with Crippen LogP contribution in [0.5, 0.6) is 5.75 Å². The average molecular weight is 490 g/mol. The molecule has 1 saturated heterocycles. The summed E-state index contributed by atoms with van der Waals surface area (Å²) in [5.74, 6) is 0.579. The first-order valence-electron chi connectivity index (χ1n) is 13.7. The number of ether oxygens (including phenoxy) is 1. The van der Waals surface area contributed by atoms with Crippen molar-refractivity contribution in [2.75, 3.05) is 39.8 Å². The second kappa shape index (κ2) is 11.0. The Morgan fingerprint density at radius 3 is 2.31 bits per heavy atom. The van der Waals surface area contributed by atoms with Gasteiger partial charge in [0.15, 0.2) is 0 Å². The van der Waals surface area contributed by atoms with Crippen LogP contribution < -0.4 is 4.74 Å². The van der Waals surface area contributed by atoms with Crippen molar-refractivity contribution in [1.82, 2.24) is 14.7 Å². The molecule has 0 bridgehead atoms. The van der Waals surface area contributed by atoms with Crippen molar-refractivity contribution in [2.45, 2.75) is 63.5 Å². The van der Waals surface area contributed by atoms with Crippen molar-refractivity contribution in [1.29, 1.82) is 0 Å². The highest BCUT2D eigenvalue weighted by molar-refractivity contribution is 6.01. The molecule has 0 spiro atoms. The fourth-order valence-electron chi connectivity index (χ4n) is 6.44. The predicted molar refractivity (Wildman–Crippen MR) is 141 cm³/mol. The van der Waals surface area contributed by atoms with Crippen molar-refractivity contribution in [3.63, 3.8) is 0 Å². The molecule has 6 nitrogen and oxygen atoms in total. The molecule has 2 aromatic rings. The number of fused-ring (bicyclic) bond motifs is 1. The fraction of sp³-hybridized carbons (Fsp3) is 0.533. The zero-order valence-corrected chi connectivity index (χ0v) is 21.7. The third-order valence-electron chi connectivity index (χ3n) is 8.29. The molecule has 1 aliphatic carbocycles. The molecule has 0 N–H and O–H groups in total. The number of carbonyl (C=O) groups is 2. The molecular formula is C30H39N3O3. The van der Waals surface area contributed by atoms with Crippen LogP contribution in [0, 0.1) is 0 Å². The lowest BCUT2D eigenvalue weighted by molar-refractivity contribution is -0.136. The maximum atomic E-state index is 14.4. The Morgan fingerprint density at radius 1 is 0.944 bits per heavy atom. The van der Waals surface area contributed by atoms with Crippen molar-refractivity contribution >= 4 is 11.8 Å². The normalized spacial score (nSPS) is 23.4. The Balaban J connectivity index is 1.57. The molecule has 2 atom stereocenters. The Morgan fingerprint density at radius 2 is 1.64 bits per heavy atom. The van der Waals surface area contributed by atoms with Gasteiger partial charge in [0.05, 0.1) is 19.1 Å². The van der Waals surface area contributed by atoms with Gasteiger partial charge >= 0.3 is 0 Å². The van der Waals surface area contributed by atoms with E-state index in [1.165, 1.54) is 6.42 Å². The maximum Gasteiger partial charge on any atom is 0.254 e. The van der Waals surface area contributed by atoms with E-state index >= 15 is 0 Å². The molecule has 192 valence electrons. The van der Waals surface area contributed by atoms with E-state index in [0.717, 1.165) is 81.7 Å². The summed E-state index contributed by atoms with van der Waals surface area (Å²) in [6.07, 6.45) is 6.59. The van der Waals surface area contributed by atoms with Gasteiger partial charge in [0.25, 0.3) is 5.91 Å². The first-order valence-corrected chi connectivity index (χ1v) is 13.7. The highest BCUT2D eigenvalue weighted by atomic mass is 16.5. The van der Waals surface area contributed by atoms with Gasteiger partial charge in [-0.1, -0.05) is 56.5 Å². The first kappa shape index (κ1) is 24.8. The van der Waals surface area contributed by atoms with Gasteiger partial charge in [0, 0.05) is 37.8 Å². The van der Waals surface area contributed by atoms with Crippen molar-refractivity contribution in [3.05, 3.63) is 65.2 Å². The molecular weight excluding hydrogens is 450 g/mol. The molecule has 1 saturated carbocycles. The van der Waals surface area contributed by atoms with Gasteiger partial charge in [-0.05, 0) is 55.1 Å². The fourth-order valence-corrected chi connectivity index (χ4v) is 6.44. The van der Waals surface area contributed by atoms with Gasteiger partial charge in [-0.25, -0.2) is 0 Å². The number of benzene rings is 2. The zero-order chi connectivity index (χ0) is 25.1. The van der Waals surface area contributed by atoms with Crippen molar-refractivity contribution in [3.8, 4) is 5.75 Å². The number of methoxy groups -OCH3 is 1. The number of hydrogen-bond acceptors (Lipinski definition) is 4. The lowest BCUT2D eigenvalue weighted by atomic mass is 9.77. The summed E-state index contributed by atoms with van der Waals surface area (Å²) in [5, 5.41) is 0. The summed E-state index contributed by atoms with van der Waals surface area (Å²) in [6.45, 7) is 6.58. The van der Waals surface area contributed by atoms with Gasteiger partial charge in [0.1, 0.15) is 5.75 Å². The molecule has 6 heteroatoms. The Bertz CT molecular complexity index is 1060. The lowest BCUT2D eigenvalue weighted by Crippen LogP contribution is -2.55. The average Bonchev–Trinajstić information content (AvgIpc) is 2.94. The summed E-state index contributed by atoms with van der Waals surface area (Å²) in [7, 11) is 1.66. The standard InChI is InChI=1S/C30H39N3O3/c1-3-17-31-18-20-32(21-19-31)30(35)27-25-11-7-8-12-26(25)29(34)33(23-9-5-4-6-10-23)28(27)22-13-15-24(36-2)16-14-22/h7-8,11-16,23,27-28H,3-6,9-10,17-21H2,1-2H3/t27-,28+/m1/s1. The molecule has 36 heavy (non-hydrogen) atoms. The van der Waals surface area contributed by atoms with Crippen molar-refractivity contribution in [2.24, 2.45) is 0 Å². The van der Waals surface area contributed by atoms with E-state index in [1.807, 2.05) is 53.4 Å². The van der Waals surface area contributed by atoms with E-state index in [-0.39, 0.29) is 23.9 Å². The van der Waals surface area contributed by atoms with Crippen LogP contribution in [0.2, 0.25) is 0 Å². The van der Waals surface area contributed by atoms with Crippen LogP contribution in [-0.4, -0.2) is 72.4 Å². The first-order chi connectivity index (χ1) is 17.6. The SMILES string of the molecule is CCCN1CCN(C(=O)[C@@H]2c3ccccc3C(=O)N(C3CCCCC3)[C@H]2c2ccc(OC)cc2)CC1. The van der Waals surface area contributed by atoms with E-state index in [2.05, 4.69) is 16.7 Å². The maximum absolute atomic E-state index is 14.4. The van der Waals surface area contributed by atoms with Crippen LogP contribution in [0.4, 0.5) is 0 Å². The number of nitrogens with zero attached hydrogens (tertiary/aromatic N) is 3. The zero-order valence-electron chi connectivity index (χ0n) is 21.7. The van der Waals surface area contributed by atoms with Crippen LogP contribution in [0.1, 0.15) is 78.9 Å². The Kier molecular flexibility index (Phi) is 7.61. The van der Waals surface area contributed by atoms with Gasteiger partial charge in [-0.2, -0.15) is 0 Å².